The number of carbonyl (C=O) groups is 1. The smallest absolute Gasteiger partial charge is 0.222 e. The van der Waals surface area contributed by atoms with Gasteiger partial charge in [-0.1, -0.05) is 0 Å². The highest BCUT2D eigenvalue weighted by molar-refractivity contribution is 7.10. The van der Waals surface area contributed by atoms with Gasteiger partial charge in [-0.25, -0.2) is 0 Å². The van der Waals surface area contributed by atoms with Crippen LogP contribution in [0.5, 0.6) is 0 Å². The Bertz CT molecular complexity index is 394. The predicted octanol–water partition coefficient (Wildman–Crippen LogP) is 2.36. The largest absolute Gasteiger partial charge is 0.393 e. The molecule has 18 heavy (non-hydrogen) atoms. The number of hydrogen-bond acceptors (Lipinski definition) is 3. The first-order valence-electron chi connectivity index (χ1n) is 6.65. The van der Waals surface area contributed by atoms with Crippen molar-refractivity contribution in [2.75, 3.05) is 13.1 Å². The summed E-state index contributed by atoms with van der Waals surface area (Å²) in [6.45, 7) is 3.57. The first-order valence-corrected chi connectivity index (χ1v) is 7.53. The summed E-state index contributed by atoms with van der Waals surface area (Å²) in [5.74, 6) is 0.246. The maximum absolute atomic E-state index is 12.0. The fourth-order valence-electron chi connectivity index (χ4n) is 2.33. The molecule has 0 spiro atoms. The van der Waals surface area contributed by atoms with Crippen LogP contribution >= 0.6 is 11.3 Å². The zero-order chi connectivity index (χ0) is 13.0. The van der Waals surface area contributed by atoms with Crippen LogP contribution in [0.1, 0.15) is 36.1 Å². The lowest BCUT2D eigenvalue weighted by Crippen LogP contribution is -2.39. The van der Waals surface area contributed by atoms with E-state index < -0.39 is 0 Å². The highest BCUT2D eigenvalue weighted by Gasteiger charge is 2.20. The number of carbonyl (C=O) groups excluding carboxylic acids is 1. The molecule has 1 aromatic rings. The molecule has 1 fully saturated rings. The zero-order valence-electron chi connectivity index (χ0n) is 10.9. The number of thiophene rings is 1. The van der Waals surface area contributed by atoms with Gasteiger partial charge in [0.2, 0.25) is 5.91 Å². The Morgan fingerprint density at radius 3 is 2.83 bits per heavy atom. The summed E-state index contributed by atoms with van der Waals surface area (Å²) in [6, 6.07) is 2.13. The van der Waals surface area contributed by atoms with E-state index in [2.05, 4.69) is 18.4 Å². The molecular formula is C14H21NO2S. The molecule has 0 saturated carbocycles. The van der Waals surface area contributed by atoms with Crippen LogP contribution in [0, 0.1) is 6.92 Å². The fraction of sp³-hybridized carbons (Fsp3) is 0.643. The molecule has 0 bridgehead atoms. The Morgan fingerprint density at radius 1 is 1.50 bits per heavy atom. The second kappa shape index (κ2) is 6.34. The molecule has 1 aliphatic heterocycles. The Labute approximate surface area is 112 Å². The van der Waals surface area contributed by atoms with Crippen LogP contribution in [0.2, 0.25) is 0 Å². The minimum atomic E-state index is -0.206. The van der Waals surface area contributed by atoms with Gasteiger partial charge >= 0.3 is 0 Å². The van der Waals surface area contributed by atoms with E-state index >= 15 is 0 Å². The minimum Gasteiger partial charge on any atom is -0.393 e. The molecular weight excluding hydrogens is 246 g/mol. The van der Waals surface area contributed by atoms with E-state index in [0.29, 0.717) is 6.42 Å². The van der Waals surface area contributed by atoms with Gasteiger partial charge < -0.3 is 10.0 Å². The van der Waals surface area contributed by atoms with Crippen LogP contribution in [0.25, 0.3) is 0 Å². The molecule has 0 radical (unpaired) electrons. The van der Waals surface area contributed by atoms with Crippen molar-refractivity contribution in [3.8, 4) is 0 Å². The Balaban J connectivity index is 1.70. The van der Waals surface area contributed by atoms with Crippen molar-refractivity contribution in [3.05, 3.63) is 21.9 Å². The highest BCUT2D eigenvalue weighted by Crippen LogP contribution is 2.19. The summed E-state index contributed by atoms with van der Waals surface area (Å²) in [5.41, 5.74) is 1.34. The summed E-state index contributed by atoms with van der Waals surface area (Å²) in [6.07, 6.45) is 3.83. The molecule has 4 heteroatoms. The summed E-state index contributed by atoms with van der Waals surface area (Å²) < 4.78 is 0. The van der Waals surface area contributed by atoms with Crippen LogP contribution in [0.3, 0.4) is 0 Å². The third kappa shape index (κ3) is 3.56. The van der Waals surface area contributed by atoms with Gasteiger partial charge in [-0.15, -0.1) is 11.3 Å². The van der Waals surface area contributed by atoms with E-state index in [-0.39, 0.29) is 12.0 Å². The van der Waals surface area contributed by atoms with Gasteiger partial charge in [0.15, 0.2) is 0 Å². The Kier molecular flexibility index (Phi) is 4.78. The molecule has 1 saturated heterocycles. The average Bonchev–Trinajstić information content (AvgIpc) is 2.76. The molecule has 1 aliphatic rings. The number of aliphatic hydroxyl groups excluding tert-OH is 1. The zero-order valence-corrected chi connectivity index (χ0v) is 11.7. The van der Waals surface area contributed by atoms with Gasteiger partial charge in [0.25, 0.3) is 0 Å². The van der Waals surface area contributed by atoms with Gasteiger partial charge in [0.05, 0.1) is 6.10 Å². The van der Waals surface area contributed by atoms with Crippen molar-refractivity contribution in [2.45, 2.75) is 45.1 Å². The van der Waals surface area contributed by atoms with Crippen LogP contribution in [-0.4, -0.2) is 35.1 Å². The SMILES string of the molecule is Cc1ccsc1CCCC(=O)N1CCC(O)CC1. The monoisotopic (exact) mass is 267 g/mol. The second-order valence-electron chi connectivity index (χ2n) is 4.99. The molecule has 0 aliphatic carbocycles. The first-order chi connectivity index (χ1) is 8.66. The van der Waals surface area contributed by atoms with Gasteiger partial charge in [0.1, 0.15) is 0 Å². The third-order valence-corrected chi connectivity index (χ3v) is 4.66. The third-order valence-electron chi connectivity index (χ3n) is 3.58. The first kappa shape index (κ1) is 13.6. The number of rotatable bonds is 4. The average molecular weight is 267 g/mol. The van der Waals surface area contributed by atoms with Gasteiger partial charge in [-0.05, 0) is 49.6 Å². The number of amides is 1. The normalized spacial score (nSPS) is 17.1. The number of hydrogen-bond donors (Lipinski definition) is 1. The molecule has 1 amide bonds. The number of likely N-dealkylation sites (tertiary alicyclic amines) is 1. The van der Waals surface area contributed by atoms with Crippen LogP contribution in [0.4, 0.5) is 0 Å². The van der Waals surface area contributed by atoms with E-state index in [1.54, 1.807) is 11.3 Å². The molecule has 3 nitrogen and oxygen atoms in total. The molecule has 1 aromatic heterocycles. The van der Waals surface area contributed by atoms with Crippen LogP contribution in [0.15, 0.2) is 11.4 Å². The minimum absolute atomic E-state index is 0.206. The molecule has 100 valence electrons. The topological polar surface area (TPSA) is 40.5 Å². The van der Waals surface area contributed by atoms with E-state index in [1.807, 2.05) is 4.90 Å². The van der Waals surface area contributed by atoms with Crippen molar-refractivity contribution in [1.82, 2.24) is 4.90 Å². The van der Waals surface area contributed by atoms with E-state index in [9.17, 15) is 9.90 Å². The molecule has 2 rings (SSSR count). The lowest BCUT2D eigenvalue weighted by atomic mass is 10.1. The van der Waals surface area contributed by atoms with Gasteiger partial charge in [-0.2, -0.15) is 0 Å². The number of piperidine rings is 1. The fourth-order valence-corrected chi connectivity index (χ4v) is 3.29. The van der Waals surface area contributed by atoms with E-state index in [0.717, 1.165) is 38.8 Å². The summed E-state index contributed by atoms with van der Waals surface area (Å²) in [5, 5.41) is 11.5. The summed E-state index contributed by atoms with van der Waals surface area (Å²) in [7, 11) is 0. The maximum Gasteiger partial charge on any atom is 0.222 e. The summed E-state index contributed by atoms with van der Waals surface area (Å²) >= 11 is 1.78. The number of aryl methyl sites for hydroxylation is 2. The number of nitrogens with zero attached hydrogens (tertiary/aromatic N) is 1. The lowest BCUT2D eigenvalue weighted by Gasteiger charge is -2.29. The molecule has 0 atom stereocenters. The summed E-state index contributed by atoms with van der Waals surface area (Å²) in [4.78, 5) is 15.3. The van der Waals surface area contributed by atoms with Crippen molar-refractivity contribution in [2.24, 2.45) is 0 Å². The highest BCUT2D eigenvalue weighted by atomic mass is 32.1. The van der Waals surface area contributed by atoms with Crippen molar-refractivity contribution in [1.29, 1.82) is 0 Å². The molecule has 0 aromatic carbocycles. The molecule has 0 unspecified atom stereocenters. The predicted molar refractivity (Wildman–Crippen MR) is 73.8 cm³/mol. The standard InChI is InChI=1S/C14H21NO2S/c1-11-7-10-18-13(11)3-2-4-14(17)15-8-5-12(16)6-9-15/h7,10,12,16H,2-6,8-9H2,1H3. The Hall–Kier alpha value is -0.870. The second-order valence-corrected chi connectivity index (χ2v) is 5.99. The Morgan fingerprint density at radius 2 is 2.22 bits per heavy atom. The maximum atomic E-state index is 12.0. The van der Waals surface area contributed by atoms with Crippen LogP contribution < -0.4 is 0 Å². The lowest BCUT2D eigenvalue weighted by molar-refractivity contribution is -0.133. The number of aliphatic hydroxyl groups is 1. The quantitative estimate of drug-likeness (QED) is 0.910. The van der Waals surface area contributed by atoms with Crippen molar-refractivity contribution >= 4 is 17.2 Å². The molecule has 1 N–H and O–H groups in total. The molecule has 2 heterocycles. The van der Waals surface area contributed by atoms with Crippen LogP contribution in [-0.2, 0) is 11.2 Å². The van der Waals surface area contributed by atoms with E-state index in [4.69, 9.17) is 0 Å². The van der Waals surface area contributed by atoms with Crippen molar-refractivity contribution < 1.29 is 9.90 Å². The van der Waals surface area contributed by atoms with Gasteiger partial charge in [-0.3, -0.25) is 4.79 Å². The van der Waals surface area contributed by atoms with Gasteiger partial charge in [0, 0.05) is 24.4 Å². The van der Waals surface area contributed by atoms with E-state index in [1.165, 1.54) is 10.4 Å². The van der Waals surface area contributed by atoms with Crippen molar-refractivity contribution in [3.63, 3.8) is 0 Å².